The van der Waals surface area contributed by atoms with Gasteiger partial charge in [0.1, 0.15) is 0 Å². The van der Waals surface area contributed by atoms with Gasteiger partial charge in [-0.15, -0.1) is 0 Å². The largest absolute Gasteiger partial charge is 1.00 e. The van der Waals surface area contributed by atoms with Crippen LogP contribution < -0.4 is 51.4 Å². The van der Waals surface area contributed by atoms with Crippen molar-refractivity contribution in [3.8, 4) is 0 Å². The second kappa shape index (κ2) is 7.19. The van der Waals surface area contributed by atoms with Crippen molar-refractivity contribution in [1.82, 2.24) is 4.90 Å². The van der Waals surface area contributed by atoms with E-state index in [1.165, 1.54) is 4.90 Å². The fraction of sp³-hybridized carbons (Fsp3) is 1.00. The predicted molar refractivity (Wildman–Crippen MR) is 52.0 cm³/mol. The Kier molecular flexibility index (Phi) is 8.12. The van der Waals surface area contributed by atoms with E-state index in [0.29, 0.717) is 19.0 Å². The zero-order chi connectivity index (χ0) is 9.90. The van der Waals surface area contributed by atoms with Crippen LogP contribution in [0.15, 0.2) is 0 Å². The number of halogens is 3. The zero-order valence-electron chi connectivity index (χ0n) is 8.68. The summed E-state index contributed by atoms with van der Waals surface area (Å²) in [4.78, 5) is 1.53. The Labute approximate surface area is 130 Å². The molecule has 0 amide bonds. The first-order chi connectivity index (χ1) is 5.97. The summed E-state index contributed by atoms with van der Waals surface area (Å²) in [6.45, 7) is -1.47. The van der Waals surface area contributed by atoms with Gasteiger partial charge in [-0.2, -0.15) is 11.8 Å². The molecule has 0 radical (unpaired) electrons. The van der Waals surface area contributed by atoms with Crippen LogP contribution in [-0.4, -0.2) is 42.9 Å². The number of hydrogen-bond donors (Lipinski definition) is 0. The Balaban J connectivity index is 0.00000169. The summed E-state index contributed by atoms with van der Waals surface area (Å²) in [7, 11) is 0. The van der Waals surface area contributed by atoms with Gasteiger partial charge in [0.2, 0.25) is 0 Å². The van der Waals surface area contributed by atoms with Gasteiger partial charge in [-0.25, -0.2) is 0 Å². The molecule has 0 spiro atoms. The SMILES string of the molecule is CC1CSCCN(C[B-](F)(F)F)C1.[K+]. The van der Waals surface area contributed by atoms with Gasteiger partial charge in [0.15, 0.2) is 0 Å². The Morgan fingerprint density at radius 3 is 2.64 bits per heavy atom. The Morgan fingerprint density at radius 2 is 2.07 bits per heavy atom. The average Bonchev–Trinajstić information content (AvgIpc) is 2.10. The summed E-state index contributed by atoms with van der Waals surface area (Å²) in [5.41, 5.74) is 0. The fourth-order valence-electron chi connectivity index (χ4n) is 1.52. The molecule has 1 unspecified atom stereocenters. The molecule has 1 saturated heterocycles. The first-order valence-electron chi connectivity index (χ1n) is 4.48. The molecule has 0 N–H and O–H groups in total. The minimum absolute atomic E-state index is 0. The maximum Gasteiger partial charge on any atom is 1.00 e. The van der Waals surface area contributed by atoms with Crippen LogP contribution in [0.5, 0.6) is 0 Å². The van der Waals surface area contributed by atoms with E-state index in [2.05, 4.69) is 0 Å². The second-order valence-electron chi connectivity index (χ2n) is 3.65. The van der Waals surface area contributed by atoms with E-state index in [0.717, 1.165) is 11.5 Å². The molecule has 0 aromatic heterocycles. The molecule has 14 heavy (non-hydrogen) atoms. The molecule has 0 bridgehead atoms. The molecule has 0 aromatic rings. The molecule has 1 fully saturated rings. The second-order valence-corrected chi connectivity index (χ2v) is 4.80. The van der Waals surface area contributed by atoms with Crippen LogP contribution in [0.4, 0.5) is 12.9 Å². The third kappa shape index (κ3) is 7.14. The average molecular weight is 251 g/mol. The van der Waals surface area contributed by atoms with Crippen molar-refractivity contribution in [1.29, 1.82) is 0 Å². The van der Waals surface area contributed by atoms with Crippen molar-refractivity contribution in [2.75, 3.05) is 31.0 Å². The molecule has 1 aliphatic rings. The maximum absolute atomic E-state index is 12.1. The first kappa shape index (κ1) is 15.8. The molecule has 1 aliphatic heterocycles. The molecule has 1 atom stereocenters. The van der Waals surface area contributed by atoms with Gasteiger partial charge in [-0.1, -0.05) is 6.92 Å². The Bertz CT molecular complexity index is 170. The number of nitrogens with zero attached hydrogens (tertiary/aromatic N) is 1. The van der Waals surface area contributed by atoms with Crippen LogP contribution >= 0.6 is 11.8 Å². The summed E-state index contributed by atoms with van der Waals surface area (Å²) in [6.07, 6.45) is -0.690. The molecule has 0 aromatic carbocycles. The molecule has 78 valence electrons. The van der Waals surface area contributed by atoms with E-state index in [-0.39, 0.29) is 51.4 Å². The minimum atomic E-state index is -4.65. The minimum Gasteiger partial charge on any atom is -0.448 e. The summed E-state index contributed by atoms with van der Waals surface area (Å²) in [5.74, 6) is 2.20. The van der Waals surface area contributed by atoms with E-state index in [1.54, 1.807) is 11.8 Å². The van der Waals surface area contributed by atoms with Crippen LogP contribution in [0.3, 0.4) is 0 Å². The van der Waals surface area contributed by atoms with E-state index < -0.39 is 13.4 Å². The summed E-state index contributed by atoms with van der Waals surface area (Å²) in [5, 5.41) is 0. The number of thioether (sulfide) groups is 1. The third-order valence-corrected chi connectivity index (χ3v) is 3.27. The third-order valence-electron chi connectivity index (χ3n) is 1.99. The fourth-order valence-corrected chi connectivity index (χ4v) is 2.58. The smallest absolute Gasteiger partial charge is 0.448 e. The van der Waals surface area contributed by atoms with E-state index in [1.807, 2.05) is 6.92 Å². The summed E-state index contributed by atoms with van der Waals surface area (Å²) < 4.78 is 36.3. The van der Waals surface area contributed by atoms with Gasteiger partial charge in [-0.05, 0) is 24.7 Å². The van der Waals surface area contributed by atoms with Crippen molar-refractivity contribution < 1.29 is 64.3 Å². The molecule has 7 heteroatoms. The first-order valence-corrected chi connectivity index (χ1v) is 5.64. The van der Waals surface area contributed by atoms with Crippen LogP contribution in [0.2, 0.25) is 0 Å². The van der Waals surface area contributed by atoms with Crippen molar-refractivity contribution >= 4 is 18.7 Å². The standard InChI is InChI=1S/C7H14BF3NS.K/c1-7-4-12(2-3-13-5-7)6-8(9,10)11;/h7H,2-6H2,1H3;/q-1;+1. The van der Waals surface area contributed by atoms with Crippen molar-refractivity contribution in [2.45, 2.75) is 6.92 Å². The summed E-state index contributed by atoms with van der Waals surface area (Å²) >= 11 is 1.75. The molecule has 1 nitrogen and oxygen atoms in total. The van der Waals surface area contributed by atoms with Gasteiger partial charge < -0.3 is 17.8 Å². The molecule has 1 heterocycles. The predicted octanol–water partition coefficient (Wildman–Crippen LogP) is -0.938. The van der Waals surface area contributed by atoms with E-state index in [9.17, 15) is 12.9 Å². The van der Waals surface area contributed by atoms with Gasteiger partial charge in [0.25, 0.3) is 0 Å². The van der Waals surface area contributed by atoms with Crippen molar-refractivity contribution in [3.05, 3.63) is 0 Å². The topological polar surface area (TPSA) is 3.24 Å². The Morgan fingerprint density at radius 1 is 1.43 bits per heavy atom. The zero-order valence-corrected chi connectivity index (χ0v) is 12.6. The van der Waals surface area contributed by atoms with Crippen LogP contribution in [0, 0.1) is 5.92 Å². The monoisotopic (exact) mass is 251 g/mol. The molecular weight excluding hydrogens is 237 g/mol. The normalized spacial score (nSPS) is 25.3. The van der Waals surface area contributed by atoms with Gasteiger partial charge >= 0.3 is 58.4 Å². The van der Waals surface area contributed by atoms with Gasteiger partial charge in [-0.3, -0.25) is 0 Å². The van der Waals surface area contributed by atoms with E-state index in [4.69, 9.17) is 0 Å². The molecule has 0 saturated carbocycles. The summed E-state index contributed by atoms with van der Waals surface area (Å²) in [6, 6.07) is 0. The van der Waals surface area contributed by atoms with Crippen molar-refractivity contribution in [2.24, 2.45) is 5.92 Å². The molecular formula is C7H14BF3KNS. The Hall–Kier alpha value is 1.80. The number of hydrogen-bond acceptors (Lipinski definition) is 2. The van der Waals surface area contributed by atoms with E-state index >= 15 is 0 Å². The van der Waals surface area contributed by atoms with Crippen molar-refractivity contribution in [3.63, 3.8) is 0 Å². The molecule has 0 aliphatic carbocycles. The quantitative estimate of drug-likeness (QED) is 0.583. The van der Waals surface area contributed by atoms with Gasteiger partial charge in [0.05, 0.1) is 0 Å². The molecule has 1 rings (SSSR count). The van der Waals surface area contributed by atoms with Crippen LogP contribution in [0.25, 0.3) is 0 Å². The van der Waals surface area contributed by atoms with Crippen LogP contribution in [-0.2, 0) is 0 Å². The maximum atomic E-state index is 12.1. The number of rotatable bonds is 2. The van der Waals surface area contributed by atoms with Crippen LogP contribution in [0.1, 0.15) is 6.92 Å². The van der Waals surface area contributed by atoms with Gasteiger partial charge in [0, 0.05) is 12.3 Å².